The maximum absolute atomic E-state index is 13.0. The number of nitrogens with one attached hydrogen (secondary N) is 1. The summed E-state index contributed by atoms with van der Waals surface area (Å²) in [6, 6.07) is 7.71. The first-order valence-corrected chi connectivity index (χ1v) is 12.5. The van der Waals surface area contributed by atoms with E-state index in [1.807, 2.05) is 30.3 Å². The number of alkyl halides is 2. The monoisotopic (exact) mass is 534 g/mol. The van der Waals surface area contributed by atoms with E-state index in [-0.39, 0.29) is 53.7 Å². The summed E-state index contributed by atoms with van der Waals surface area (Å²) in [5.74, 6) is -1.68. The van der Waals surface area contributed by atoms with Gasteiger partial charge < -0.3 is 0 Å². The van der Waals surface area contributed by atoms with Crippen LogP contribution in [0.15, 0.2) is 47.9 Å². The molecule has 3 fully saturated rings. The van der Waals surface area contributed by atoms with Gasteiger partial charge in [0.05, 0.1) is 0 Å². The third kappa shape index (κ3) is 3.45. The Kier molecular flexibility index (Phi) is 5.09. The molecule has 3 atom stereocenters. The van der Waals surface area contributed by atoms with E-state index in [1.165, 1.54) is 10.8 Å². The number of pyridine rings is 1. The second kappa shape index (κ2) is 7.79. The summed E-state index contributed by atoms with van der Waals surface area (Å²) in [4.78, 5) is 40.0. The van der Waals surface area contributed by atoms with Gasteiger partial charge in [-0.1, -0.05) is 18.2 Å². The normalized spacial score (nSPS) is 23.7. The first-order chi connectivity index (χ1) is 15.0. The van der Waals surface area contributed by atoms with Crippen LogP contribution in [0.1, 0.15) is 38.4 Å². The first-order valence-electron chi connectivity index (χ1n) is 9.99. The molecule has 3 unspecified atom stereocenters. The Labute approximate surface area is 188 Å². The molecule has 6 rings (SSSR count). The minimum absolute atomic E-state index is 0.0615. The van der Waals surface area contributed by atoms with E-state index in [1.54, 1.807) is 4.90 Å². The Bertz CT molecular complexity index is 1140. The van der Waals surface area contributed by atoms with Crippen molar-refractivity contribution in [1.29, 1.82) is 0 Å². The number of halogens is 1. The molecular weight excluding hydrogens is 513 g/mol. The number of hydrogen-bond acceptors (Lipinski definition) is 5. The molecule has 1 aromatic carbocycles. The number of fused-ring (bicyclic) bond motifs is 1. The van der Waals surface area contributed by atoms with Crippen LogP contribution < -0.4 is 32.0 Å². The van der Waals surface area contributed by atoms with Crippen LogP contribution in [-0.4, -0.2) is 40.8 Å². The Morgan fingerprint density at radius 2 is 2.00 bits per heavy atom. The molecule has 2 N–H and O–H groups in total. The maximum atomic E-state index is 13.0. The van der Waals surface area contributed by atoms with Crippen LogP contribution in [0.3, 0.4) is 0 Å². The summed E-state index contributed by atoms with van der Waals surface area (Å²) in [5, 5.41) is 13.2. The van der Waals surface area contributed by atoms with Crippen LogP contribution in [0.2, 0.25) is 0 Å². The molecule has 5 heterocycles. The molecule has 0 radical (unpaired) electrons. The smallest absolute Gasteiger partial charge is 0.0584 e. The molecule has 2 amide bonds. The quantitative estimate of drug-likeness (QED) is 0.204. The fraction of sp³-hybridized carbons (Fsp3) is 0.318. The molecule has 1 aromatic heterocycles. The van der Waals surface area contributed by atoms with Crippen LogP contribution in [0.25, 0.3) is 0 Å². The van der Waals surface area contributed by atoms with E-state index in [9.17, 15) is 19.5 Å². The van der Waals surface area contributed by atoms with Crippen molar-refractivity contribution in [2.45, 2.75) is 40.3 Å². The van der Waals surface area contributed by atoms with Crippen LogP contribution in [0.5, 0.6) is 5.75 Å². The van der Waals surface area contributed by atoms with Gasteiger partial charge in [0.15, 0.2) is 0 Å². The molecule has 3 saturated heterocycles. The molecule has 0 spiro atoms. The average molecular weight is 534 g/mol. The van der Waals surface area contributed by atoms with Gasteiger partial charge in [-0.3, -0.25) is 0 Å². The molecule has 2 aromatic rings. The number of aromatic hydroxyl groups is 1. The van der Waals surface area contributed by atoms with Crippen LogP contribution in [-0.2, 0) is 24.2 Å². The van der Waals surface area contributed by atoms with Crippen molar-refractivity contribution in [3.63, 3.8) is 0 Å². The predicted molar refractivity (Wildman–Crippen MR) is 107 cm³/mol. The molecule has 162 valence electrons. The Morgan fingerprint density at radius 3 is 2.71 bits per heavy atom. The summed E-state index contributed by atoms with van der Waals surface area (Å²) >= 11 is -0.237. The average Bonchev–Trinajstić information content (AvgIpc) is 2.74. The van der Waals surface area contributed by atoms with Gasteiger partial charge in [0.1, 0.15) is 0 Å². The van der Waals surface area contributed by atoms with Gasteiger partial charge in [0.2, 0.25) is 0 Å². The van der Waals surface area contributed by atoms with Crippen LogP contribution in [0.4, 0.5) is 0 Å². The van der Waals surface area contributed by atoms with Crippen molar-refractivity contribution in [3.05, 3.63) is 75.7 Å². The van der Waals surface area contributed by atoms with Gasteiger partial charge in [0, 0.05) is 0 Å². The third-order valence-corrected chi connectivity index (χ3v) is 9.27. The van der Waals surface area contributed by atoms with Crippen molar-refractivity contribution in [2.24, 2.45) is 0 Å². The second-order valence-corrected chi connectivity index (χ2v) is 11.3. The van der Waals surface area contributed by atoms with E-state index < -0.39 is 29.2 Å². The number of rotatable bonds is 5. The number of allylic oxidation sites excluding steroid dienone is 1. The zero-order chi connectivity index (χ0) is 21.7. The SMILES string of the molecule is C=CCc1ccc(CNC(=O)c2cn3c(c(O)c2=O)C(=O)N2C(C3)OC3CC2[I-]3)cc1. The summed E-state index contributed by atoms with van der Waals surface area (Å²) < 4.78 is 7.88. The minimum atomic E-state index is -0.837. The molecule has 0 saturated carbocycles. The molecule has 8 nitrogen and oxygen atoms in total. The topological polar surface area (TPSA) is 101 Å². The first kappa shape index (κ1) is 20.3. The number of carbonyl (C=O) groups excluding carboxylic acids is 2. The zero-order valence-corrected chi connectivity index (χ0v) is 18.7. The molecular formula is C22H21IN3O5-. The van der Waals surface area contributed by atoms with E-state index in [0.29, 0.717) is 0 Å². The standard InChI is InChI=1S/C22H21IN3O5/c1-2-3-12-4-6-13(7-5-12)9-24-21(29)14-10-25-11-17-26(15-8-16(23-15)31-17)22(30)18(25)20(28)19(14)27/h2,4-7,10,15-17,28H,1,3,8-9,11H2,(H,24,29)/q-1. The molecule has 4 aliphatic rings. The van der Waals surface area contributed by atoms with Gasteiger partial charge in [-0.2, -0.15) is 0 Å². The van der Waals surface area contributed by atoms with Gasteiger partial charge in [-0.05, 0) is 12.0 Å². The summed E-state index contributed by atoms with van der Waals surface area (Å²) in [6.45, 7) is 4.24. The summed E-state index contributed by atoms with van der Waals surface area (Å²) in [7, 11) is 0. The Morgan fingerprint density at radius 1 is 1.29 bits per heavy atom. The molecule has 4 aliphatic heterocycles. The fourth-order valence-electron chi connectivity index (χ4n) is 4.08. The molecule has 31 heavy (non-hydrogen) atoms. The second-order valence-electron chi connectivity index (χ2n) is 7.72. The fourth-order valence-corrected chi connectivity index (χ4v) is 7.06. The molecule has 2 bridgehead atoms. The molecule has 9 heteroatoms. The van der Waals surface area contributed by atoms with Crippen molar-refractivity contribution in [1.82, 2.24) is 14.8 Å². The number of aromatic nitrogens is 1. The van der Waals surface area contributed by atoms with E-state index in [4.69, 9.17) is 4.74 Å². The van der Waals surface area contributed by atoms with Crippen molar-refractivity contribution in [2.75, 3.05) is 0 Å². The van der Waals surface area contributed by atoms with E-state index >= 15 is 0 Å². The van der Waals surface area contributed by atoms with E-state index in [0.717, 1.165) is 24.0 Å². The van der Waals surface area contributed by atoms with Gasteiger partial charge in [0.25, 0.3) is 0 Å². The van der Waals surface area contributed by atoms with Crippen LogP contribution >= 0.6 is 0 Å². The Balaban J connectivity index is 1.37. The zero-order valence-electron chi connectivity index (χ0n) is 16.6. The minimum Gasteiger partial charge on any atom is -0.0584 e. The number of ether oxygens (including phenoxy) is 1. The number of carbonyl (C=O) groups is 2. The third-order valence-electron chi connectivity index (χ3n) is 5.73. The van der Waals surface area contributed by atoms with E-state index in [2.05, 4.69) is 11.9 Å². The summed E-state index contributed by atoms with van der Waals surface area (Å²) in [5.41, 5.74) is 0.905. The number of amides is 2. The predicted octanol–water partition coefficient (Wildman–Crippen LogP) is -1.83. The summed E-state index contributed by atoms with van der Waals surface area (Å²) in [6.07, 6.45) is 4.36. The van der Waals surface area contributed by atoms with Crippen LogP contribution in [0, 0.1) is 0 Å². The number of nitrogens with zero attached hydrogens (tertiary/aromatic N) is 2. The molecule has 0 aliphatic carbocycles. The van der Waals surface area contributed by atoms with Gasteiger partial charge in [-0.25, -0.2) is 0 Å². The van der Waals surface area contributed by atoms with Crippen molar-refractivity contribution in [3.8, 4) is 5.75 Å². The van der Waals surface area contributed by atoms with Gasteiger partial charge in [-0.15, -0.1) is 6.58 Å². The van der Waals surface area contributed by atoms with Crippen molar-refractivity contribution < 1.29 is 40.6 Å². The van der Waals surface area contributed by atoms with Gasteiger partial charge >= 0.3 is 152 Å². The number of hydrogen-bond donors (Lipinski definition) is 2. The number of benzene rings is 1. The van der Waals surface area contributed by atoms with Crippen molar-refractivity contribution >= 4 is 11.8 Å². The Hall–Kier alpha value is -2.66.